The minimum atomic E-state index is -1.10. The van der Waals surface area contributed by atoms with Crippen molar-refractivity contribution in [3.8, 4) is 0 Å². The lowest BCUT2D eigenvalue weighted by atomic mass is 10.0. The number of carbonyl (C=O) groups excluding carboxylic acids is 1. The Morgan fingerprint density at radius 3 is 1.52 bits per heavy atom. The topological polar surface area (TPSA) is 89.8 Å². The molecule has 0 aromatic heterocycles. The molecule has 0 spiro atoms. The van der Waals surface area contributed by atoms with Crippen LogP contribution in [0.5, 0.6) is 0 Å². The van der Waals surface area contributed by atoms with Crippen LogP contribution in [0.2, 0.25) is 0 Å². The Kier molecular flexibility index (Phi) is 29.9. The molecule has 3 atom stereocenters. The highest BCUT2D eigenvalue weighted by atomic mass is 16.3. The zero-order chi connectivity index (χ0) is 29.5. The van der Waals surface area contributed by atoms with Gasteiger partial charge in [-0.2, -0.15) is 0 Å². The molecule has 0 heterocycles. The van der Waals surface area contributed by atoms with Gasteiger partial charge in [-0.15, -0.1) is 0 Å². The van der Waals surface area contributed by atoms with Crippen molar-refractivity contribution < 1.29 is 20.1 Å². The van der Waals surface area contributed by atoms with Gasteiger partial charge in [-0.3, -0.25) is 4.79 Å². The Balaban J connectivity index is 3.76. The highest BCUT2D eigenvalue weighted by molar-refractivity contribution is 5.80. The zero-order valence-electron chi connectivity index (χ0n) is 26.5. The van der Waals surface area contributed by atoms with E-state index < -0.39 is 24.2 Å². The van der Waals surface area contributed by atoms with Crippen LogP contribution in [0.4, 0.5) is 0 Å². The summed E-state index contributed by atoms with van der Waals surface area (Å²) in [5.41, 5.74) is 0. The summed E-state index contributed by atoms with van der Waals surface area (Å²) in [7, 11) is 0. The van der Waals surface area contributed by atoms with E-state index in [0.29, 0.717) is 6.42 Å². The molecule has 0 fully saturated rings. The van der Waals surface area contributed by atoms with Crippen molar-refractivity contribution in [2.24, 2.45) is 0 Å². The summed E-state index contributed by atoms with van der Waals surface area (Å²) in [6, 6.07) is -0.807. The second-order valence-electron chi connectivity index (χ2n) is 11.7. The lowest BCUT2D eigenvalue weighted by molar-refractivity contribution is -0.131. The van der Waals surface area contributed by atoms with E-state index in [2.05, 4.69) is 31.3 Å². The number of carbonyl (C=O) groups is 1. The minimum absolute atomic E-state index is 0.374. The van der Waals surface area contributed by atoms with Crippen molar-refractivity contribution in [2.75, 3.05) is 6.61 Å². The lowest BCUT2D eigenvalue weighted by Crippen LogP contribution is -2.48. The molecule has 0 bridgehead atoms. The molecule has 0 radical (unpaired) electrons. The van der Waals surface area contributed by atoms with Gasteiger partial charge in [0.1, 0.15) is 6.10 Å². The molecule has 0 aromatic carbocycles. The van der Waals surface area contributed by atoms with Gasteiger partial charge >= 0.3 is 0 Å². The molecule has 236 valence electrons. The Morgan fingerprint density at radius 2 is 1.02 bits per heavy atom. The Labute approximate surface area is 248 Å². The Bertz CT molecular complexity index is 592. The first kappa shape index (κ1) is 38.8. The van der Waals surface area contributed by atoms with Crippen LogP contribution in [0.15, 0.2) is 24.3 Å². The minimum Gasteiger partial charge on any atom is -0.394 e. The number of aliphatic hydroxyl groups excluding tert-OH is 3. The molecule has 0 aliphatic carbocycles. The van der Waals surface area contributed by atoms with Crippen molar-refractivity contribution in [1.82, 2.24) is 5.32 Å². The first-order valence-electron chi connectivity index (χ1n) is 17.2. The number of nitrogens with one attached hydrogen (secondary N) is 1. The van der Waals surface area contributed by atoms with Crippen LogP contribution in [-0.4, -0.2) is 46.1 Å². The first-order valence-corrected chi connectivity index (χ1v) is 17.2. The third-order valence-electron chi connectivity index (χ3n) is 7.79. The van der Waals surface area contributed by atoms with Gasteiger partial charge in [0.2, 0.25) is 5.91 Å². The second-order valence-corrected chi connectivity index (χ2v) is 11.7. The number of unbranched alkanes of at least 4 members (excludes halogenated alkanes) is 20. The van der Waals surface area contributed by atoms with E-state index in [9.17, 15) is 20.1 Å². The molecule has 0 aromatic rings. The summed E-state index contributed by atoms with van der Waals surface area (Å²) in [6.45, 7) is 4.11. The number of hydrogen-bond acceptors (Lipinski definition) is 4. The van der Waals surface area contributed by atoms with Crippen molar-refractivity contribution in [3.63, 3.8) is 0 Å². The number of allylic oxidation sites excluding steroid dienone is 3. The maximum Gasteiger partial charge on any atom is 0.249 e. The van der Waals surface area contributed by atoms with E-state index in [1.165, 1.54) is 109 Å². The van der Waals surface area contributed by atoms with Gasteiger partial charge in [0.05, 0.1) is 18.8 Å². The summed E-state index contributed by atoms with van der Waals surface area (Å²) in [6.07, 6.45) is 34.8. The van der Waals surface area contributed by atoms with Crippen LogP contribution in [0.1, 0.15) is 168 Å². The predicted molar refractivity (Wildman–Crippen MR) is 171 cm³/mol. The fraction of sp³-hybridized carbons (Fsp3) is 0.857. The van der Waals surface area contributed by atoms with Crippen LogP contribution in [0, 0.1) is 0 Å². The third kappa shape index (κ3) is 25.8. The van der Waals surface area contributed by atoms with E-state index in [4.69, 9.17) is 0 Å². The fourth-order valence-electron chi connectivity index (χ4n) is 5.02. The molecule has 0 aliphatic heterocycles. The molecule has 0 rings (SSSR count). The van der Waals surface area contributed by atoms with E-state index in [0.717, 1.165) is 38.5 Å². The van der Waals surface area contributed by atoms with Gasteiger partial charge in [-0.05, 0) is 32.1 Å². The van der Waals surface area contributed by atoms with E-state index >= 15 is 0 Å². The summed E-state index contributed by atoms with van der Waals surface area (Å²) in [5.74, 6) is -0.515. The number of amides is 1. The molecule has 0 aliphatic rings. The molecule has 3 unspecified atom stereocenters. The average Bonchev–Trinajstić information content (AvgIpc) is 2.96. The number of hydrogen-bond donors (Lipinski definition) is 4. The molecule has 0 saturated carbocycles. The largest absolute Gasteiger partial charge is 0.394 e. The van der Waals surface area contributed by atoms with Crippen molar-refractivity contribution in [3.05, 3.63) is 24.3 Å². The van der Waals surface area contributed by atoms with Crippen LogP contribution in [0.3, 0.4) is 0 Å². The molecule has 5 nitrogen and oxygen atoms in total. The number of aliphatic hydroxyl groups is 3. The Hall–Kier alpha value is -1.17. The SMILES string of the molecule is CCCCCC/C=C/CC/C=C/C(O)C(CO)NC(=O)C(O)CCCCCCCCCCCCCCCCCC. The van der Waals surface area contributed by atoms with Crippen LogP contribution >= 0.6 is 0 Å². The molecule has 4 N–H and O–H groups in total. The van der Waals surface area contributed by atoms with Gasteiger partial charge in [-0.1, -0.05) is 160 Å². The summed E-state index contributed by atoms with van der Waals surface area (Å²) < 4.78 is 0. The van der Waals surface area contributed by atoms with Crippen molar-refractivity contribution in [2.45, 2.75) is 186 Å². The summed E-state index contributed by atoms with van der Waals surface area (Å²) in [4.78, 5) is 12.3. The van der Waals surface area contributed by atoms with Crippen molar-refractivity contribution in [1.29, 1.82) is 0 Å². The van der Waals surface area contributed by atoms with Crippen LogP contribution in [-0.2, 0) is 4.79 Å². The Morgan fingerprint density at radius 1 is 0.600 bits per heavy atom. The van der Waals surface area contributed by atoms with E-state index in [-0.39, 0.29) is 6.61 Å². The quantitative estimate of drug-likeness (QED) is 0.0518. The molecule has 0 saturated heterocycles. The average molecular weight is 566 g/mol. The molecule has 1 amide bonds. The maximum atomic E-state index is 12.3. The normalized spacial score (nSPS) is 14.2. The van der Waals surface area contributed by atoms with Crippen molar-refractivity contribution >= 4 is 5.91 Å². The number of rotatable bonds is 30. The van der Waals surface area contributed by atoms with Crippen LogP contribution in [0.25, 0.3) is 0 Å². The molecular formula is C35H67NO4. The zero-order valence-corrected chi connectivity index (χ0v) is 26.5. The van der Waals surface area contributed by atoms with Gasteiger partial charge in [0.15, 0.2) is 0 Å². The third-order valence-corrected chi connectivity index (χ3v) is 7.79. The fourth-order valence-corrected chi connectivity index (χ4v) is 5.02. The second kappa shape index (κ2) is 30.8. The molecule has 5 heteroatoms. The lowest BCUT2D eigenvalue weighted by Gasteiger charge is -2.21. The predicted octanol–water partition coefficient (Wildman–Crippen LogP) is 8.70. The highest BCUT2D eigenvalue weighted by Gasteiger charge is 2.22. The molecule has 40 heavy (non-hydrogen) atoms. The van der Waals surface area contributed by atoms with E-state index in [1.54, 1.807) is 6.08 Å². The monoisotopic (exact) mass is 566 g/mol. The van der Waals surface area contributed by atoms with Gasteiger partial charge in [-0.25, -0.2) is 0 Å². The van der Waals surface area contributed by atoms with Gasteiger partial charge < -0.3 is 20.6 Å². The maximum absolute atomic E-state index is 12.3. The standard InChI is InChI=1S/C35H67NO4/c1-3-5-7-9-11-13-15-16-17-18-19-20-22-24-26-28-30-34(39)35(40)36-32(31-37)33(38)29-27-25-23-21-14-12-10-8-6-4-2/h14,21,27,29,32-34,37-39H,3-13,15-20,22-26,28,30-31H2,1-2H3,(H,36,40)/b21-14+,29-27+. The summed E-state index contributed by atoms with van der Waals surface area (Å²) >= 11 is 0. The first-order chi connectivity index (χ1) is 19.6. The smallest absolute Gasteiger partial charge is 0.249 e. The van der Waals surface area contributed by atoms with Crippen LogP contribution < -0.4 is 5.32 Å². The summed E-state index contributed by atoms with van der Waals surface area (Å²) in [5, 5.41) is 32.8. The van der Waals surface area contributed by atoms with E-state index in [1.807, 2.05) is 6.08 Å². The highest BCUT2D eigenvalue weighted by Crippen LogP contribution is 2.14. The molecular weight excluding hydrogens is 498 g/mol. The van der Waals surface area contributed by atoms with Gasteiger partial charge in [0, 0.05) is 0 Å². The van der Waals surface area contributed by atoms with Gasteiger partial charge in [0.25, 0.3) is 0 Å².